The molecular weight excluding hydrogens is 286 g/mol. The number of benzene rings is 1. The van der Waals surface area contributed by atoms with Gasteiger partial charge in [-0.3, -0.25) is 5.41 Å². The van der Waals surface area contributed by atoms with Crippen molar-refractivity contribution in [3.05, 3.63) is 34.9 Å². The molecule has 1 aromatic rings. The summed E-state index contributed by atoms with van der Waals surface area (Å²) in [6, 6.07) is 0.779. The fourth-order valence-corrected chi connectivity index (χ4v) is 1.11. The highest BCUT2D eigenvalue weighted by molar-refractivity contribution is 5.95. The average molecular weight is 292 g/mol. The van der Waals surface area contributed by atoms with E-state index in [4.69, 9.17) is 11.1 Å². The van der Waals surface area contributed by atoms with Crippen molar-refractivity contribution in [1.29, 1.82) is 5.41 Å². The van der Waals surface area contributed by atoms with Crippen molar-refractivity contribution in [2.24, 2.45) is 5.73 Å². The zero-order chi connectivity index (χ0) is 13.4. The Morgan fingerprint density at radius 1 is 0.889 bits per heavy atom. The molecule has 3 N–H and O–H groups in total. The van der Waals surface area contributed by atoms with Crippen molar-refractivity contribution in [2.45, 2.75) is 12.4 Å². The monoisotopic (exact) mass is 291 g/mol. The van der Waals surface area contributed by atoms with Crippen LogP contribution in [0.25, 0.3) is 0 Å². The predicted octanol–water partition coefficient (Wildman–Crippen LogP) is 0.0123. The van der Waals surface area contributed by atoms with Crippen LogP contribution in [0.5, 0.6) is 0 Å². The average Bonchev–Trinajstić information content (AvgIpc) is 2.14. The van der Waals surface area contributed by atoms with Gasteiger partial charge in [0.25, 0.3) is 0 Å². The van der Waals surface area contributed by atoms with Gasteiger partial charge in [0.1, 0.15) is 5.84 Å². The van der Waals surface area contributed by atoms with Crippen LogP contribution >= 0.6 is 0 Å². The summed E-state index contributed by atoms with van der Waals surface area (Å²) >= 11 is 0. The van der Waals surface area contributed by atoms with Crippen LogP contribution in [0.3, 0.4) is 0 Å². The zero-order valence-corrected chi connectivity index (χ0v) is 9.21. The third kappa shape index (κ3) is 3.80. The standard InChI is InChI=1S/C9H6F6N2.ClH/c10-8(11,12)5-1-4(7(16)17)2-6(3-5)9(13,14)15;/h1-3H,(H3,16,17);1H/p-1. The van der Waals surface area contributed by atoms with Crippen LogP contribution in [0.1, 0.15) is 16.7 Å². The van der Waals surface area contributed by atoms with Gasteiger partial charge < -0.3 is 18.1 Å². The molecular formula is C9H6ClF6N2-. The van der Waals surface area contributed by atoms with Crippen molar-refractivity contribution in [3.63, 3.8) is 0 Å². The summed E-state index contributed by atoms with van der Waals surface area (Å²) in [5.74, 6) is -0.860. The molecule has 1 aromatic carbocycles. The first-order valence-electron chi connectivity index (χ1n) is 4.15. The Kier molecular flexibility index (Phi) is 4.65. The number of hydrogen-bond acceptors (Lipinski definition) is 1. The van der Waals surface area contributed by atoms with E-state index in [0.29, 0.717) is 12.1 Å². The summed E-state index contributed by atoms with van der Waals surface area (Å²) in [5, 5.41) is 6.88. The molecule has 18 heavy (non-hydrogen) atoms. The smallest absolute Gasteiger partial charge is 0.416 e. The van der Waals surface area contributed by atoms with E-state index < -0.39 is 34.9 Å². The number of halogens is 7. The Morgan fingerprint density at radius 2 is 1.22 bits per heavy atom. The van der Waals surface area contributed by atoms with Gasteiger partial charge in [-0.2, -0.15) is 26.3 Å². The third-order valence-corrected chi connectivity index (χ3v) is 1.90. The molecule has 0 saturated heterocycles. The number of hydrogen-bond donors (Lipinski definition) is 2. The number of nitrogen functional groups attached to an aromatic ring is 1. The van der Waals surface area contributed by atoms with E-state index in [0.717, 1.165) is 0 Å². The first kappa shape index (κ1) is 16.6. The molecule has 9 heteroatoms. The molecule has 0 aliphatic carbocycles. The van der Waals surface area contributed by atoms with E-state index in [-0.39, 0.29) is 18.5 Å². The first-order valence-corrected chi connectivity index (χ1v) is 4.15. The molecule has 0 aliphatic rings. The molecule has 0 unspecified atom stereocenters. The Balaban J connectivity index is 0.00000289. The van der Waals surface area contributed by atoms with E-state index in [1.54, 1.807) is 0 Å². The number of nitrogens with one attached hydrogen (secondary N) is 1. The predicted molar refractivity (Wildman–Crippen MR) is 47.5 cm³/mol. The lowest BCUT2D eigenvalue weighted by Gasteiger charge is -2.13. The van der Waals surface area contributed by atoms with Gasteiger partial charge in [-0.05, 0) is 18.2 Å². The summed E-state index contributed by atoms with van der Waals surface area (Å²) in [5.41, 5.74) is 1.29. The van der Waals surface area contributed by atoms with Crippen LogP contribution in [-0.4, -0.2) is 5.84 Å². The lowest BCUT2D eigenvalue weighted by Crippen LogP contribution is -3.00. The Bertz CT molecular complexity index is 419. The largest absolute Gasteiger partial charge is 1.00 e. The molecule has 0 aliphatic heterocycles. The summed E-state index contributed by atoms with van der Waals surface area (Å²) in [7, 11) is 0. The van der Waals surface area contributed by atoms with E-state index in [9.17, 15) is 26.3 Å². The fraction of sp³-hybridized carbons (Fsp3) is 0.222. The molecule has 0 bridgehead atoms. The maximum atomic E-state index is 12.3. The molecule has 0 amide bonds. The minimum atomic E-state index is -4.93. The van der Waals surface area contributed by atoms with Crippen LogP contribution < -0.4 is 18.1 Å². The molecule has 0 heterocycles. The minimum absolute atomic E-state index is 0. The highest BCUT2D eigenvalue weighted by Crippen LogP contribution is 2.36. The molecule has 2 nitrogen and oxygen atoms in total. The molecule has 0 saturated carbocycles. The SMILES string of the molecule is N=C(N)c1cc(C(F)(F)F)cc(C(F)(F)F)c1.[Cl-]. The summed E-state index contributed by atoms with van der Waals surface area (Å²) in [4.78, 5) is 0. The Morgan fingerprint density at radius 3 is 1.44 bits per heavy atom. The highest BCUT2D eigenvalue weighted by Gasteiger charge is 2.37. The molecule has 0 atom stereocenters. The van der Waals surface area contributed by atoms with E-state index in [1.165, 1.54) is 0 Å². The zero-order valence-electron chi connectivity index (χ0n) is 8.46. The lowest BCUT2D eigenvalue weighted by atomic mass is 10.0. The normalized spacial score (nSPS) is 11.9. The van der Waals surface area contributed by atoms with Crippen molar-refractivity contribution < 1.29 is 38.7 Å². The third-order valence-electron chi connectivity index (χ3n) is 1.90. The van der Waals surface area contributed by atoms with Crippen LogP contribution in [0.4, 0.5) is 26.3 Å². The maximum Gasteiger partial charge on any atom is 0.416 e. The second kappa shape index (κ2) is 5.05. The first-order chi connectivity index (χ1) is 7.51. The van der Waals surface area contributed by atoms with Crippen molar-refractivity contribution in [3.8, 4) is 0 Å². The molecule has 0 aromatic heterocycles. The second-order valence-corrected chi connectivity index (χ2v) is 3.21. The molecule has 0 radical (unpaired) electrons. The lowest BCUT2D eigenvalue weighted by molar-refractivity contribution is -0.143. The van der Waals surface area contributed by atoms with Gasteiger partial charge >= 0.3 is 12.4 Å². The maximum absolute atomic E-state index is 12.3. The van der Waals surface area contributed by atoms with Crippen LogP contribution in [0.15, 0.2) is 18.2 Å². The van der Waals surface area contributed by atoms with Gasteiger partial charge in [-0.1, -0.05) is 0 Å². The molecule has 102 valence electrons. The minimum Gasteiger partial charge on any atom is -1.00 e. The topological polar surface area (TPSA) is 49.9 Å². The van der Waals surface area contributed by atoms with Crippen molar-refractivity contribution in [1.82, 2.24) is 0 Å². The number of alkyl halides is 6. The highest BCUT2D eigenvalue weighted by atomic mass is 35.5. The quantitative estimate of drug-likeness (QED) is 0.427. The van der Waals surface area contributed by atoms with E-state index in [1.807, 2.05) is 0 Å². The fourth-order valence-electron chi connectivity index (χ4n) is 1.11. The van der Waals surface area contributed by atoms with E-state index >= 15 is 0 Å². The second-order valence-electron chi connectivity index (χ2n) is 3.21. The Hall–Kier alpha value is -1.44. The van der Waals surface area contributed by atoms with Gasteiger partial charge in [0.05, 0.1) is 11.1 Å². The van der Waals surface area contributed by atoms with Crippen molar-refractivity contribution >= 4 is 5.84 Å². The van der Waals surface area contributed by atoms with Gasteiger partial charge in [-0.15, -0.1) is 0 Å². The van der Waals surface area contributed by atoms with Gasteiger partial charge in [0.15, 0.2) is 0 Å². The van der Waals surface area contributed by atoms with E-state index in [2.05, 4.69) is 0 Å². The van der Waals surface area contributed by atoms with Gasteiger partial charge in [0.2, 0.25) is 0 Å². The summed E-state index contributed by atoms with van der Waals surface area (Å²) < 4.78 is 73.9. The van der Waals surface area contributed by atoms with Crippen LogP contribution in [-0.2, 0) is 12.4 Å². The van der Waals surface area contributed by atoms with Gasteiger partial charge in [-0.25, -0.2) is 0 Å². The number of nitrogens with two attached hydrogens (primary N) is 1. The van der Waals surface area contributed by atoms with Crippen LogP contribution in [0, 0.1) is 5.41 Å². The Labute approximate surface area is 104 Å². The number of amidine groups is 1. The van der Waals surface area contributed by atoms with Gasteiger partial charge in [0, 0.05) is 5.56 Å². The summed E-state index contributed by atoms with van der Waals surface area (Å²) in [6.07, 6.45) is -9.85. The molecule has 0 spiro atoms. The molecule has 0 fully saturated rings. The summed E-state index contributed by atoms with van der Waals surface area (Å²) in [6.45, 7) is 0. The number of rotatable bonds is 1. The van der Waals surface area contributed by atoms with Crippen LogP contribution in [0.2, 0.25) is 0 Å². The molecule has 1 rings (SSSR count). The van der Waals surface area contributed by atoms with Crippen molar-refractivity contribution in [2.75, 3.05) is 0 Å².